The van der Waals surface area contributed by atoms with E-state index >= 15 is 0 Å². The first-order valence-electron chi connectivity index (χ1n) is 6.12. The lowest BCUT2D eigenvalue weighted by Crippen LogP contribution is -2.42. The Kier molecular flexibility index (Phi) is 6.36. The van der Waals surface area contributed by atoms with Gasteiger partial charge in [-0.1, -0.05) is 29.8 Å². The number of ether oxygens (including phenoxy) is 1. The zero-order chi connectivity index (χ0) is 12.0. The molecule has 1 atom stereocenters. The lowest BCUT2D eigenvalue weighted by molar-refractivity contribution is -0.132. The van der Waals surface area contributed by atoms with Gasteiger partial charge in [-0.15, -0.1) is 0 Å². The second-order valence-corrected chi connectivity index (χ2v) is 5.86. The van der Waals surface area contributed by atoms with Crippen LogP contribution in [0.5, 0.6) is 0 Å². The molecule has 0 spiro atoms. The third-order valence-electron chi connectivity index (χ3n) is 2.63. The Morgan fingerprint density at radius 3 is 3.00 bits per heavy atom. The van der Waals surface area contributed by atoms with Gasteiger partial charge in [-0.2, -0.15) is 0 Å². The van der Waals surface area contributed by atoms with Crippen LogP contribution in [0.15, 0.2) is 0 Å². The summed E-state index contributed by atoms with van der Waals surface area (Å²) < 4.78 is 5.50. The van der Waals surface area contributed by atoms with Gasteiger partial charge in [0.1, 0.15) is 0 Å². The van der Waals surface area contributed by atoms with E-state index in [2.05, 4.69) is 29.8 Å². The van der Waals surface area contributed by atoms with Crippen molar-refractivity contribution in [1.82, 2.24) is 4.90 Å². The second-order valence-electron chi connectivity index (χ2n) is 4.76. The number of piperidine rings is 1. The van der Waals surface area contributed by atoms with Crippen LogP contribution in [0, 0.1) is 5.92 Å². The number of likely N-dealkylation sites (tertiary alicyclic amines) is 1. The van der Waals surface area contributed by atoms with Crippen LogP contribution in [0.25, 0.3) is 0 Å². The number of hydrogen-bond acceptors (Lipinski definition) is 2. The quantitative estimate of drug-likeness (QED) is 0.556. The second kappa shape index (κ2) is 7.28. The van der Waals surface area contributed by atoms with Crippen LogP contribution in [-0.4, -0.2) is 41.9 Å². The van der Waals surface area contributed by atoms with Crippen molar-refractivity contribution in [3.63, 3.8) is 0 Å². The van der Waals surface area contributed by atoms with Gasteiger partial charge < -0.3 is 9.64 Å². The van der Waals surface area contributed by atoms with Crippen molar-refractivity contribution in [2.75, 3.05) is 26.3 Å². The van der Waals surface area contributed by atoms with Crippen molar-refractivity contribution in [2.24, 2.45) is 5.92 Å². The highest BCUT2D eigenvalue weighted by molar-refractivity contribution is 9.10. The minimum Gasteiger partial charge on any atom is -0.381 e. The Balaban J connectivity index is 2.10. The van der Waals surface area contributed by atoms with Crippen molar-refractivity contribution in [3.8, 4) is 0 Å². The van der Waals surface area contributed by atoms with Crippen LogP contribution in [0.1, 0.15) is 33.1 Å². The smallest absolute Gasteiger partial charge is 0.236 e. The molecule has 1 aliphatic heterocycles. The SMILES string of the molecule is CC(C)COCCCN1CCCC(Br)C1=O. The highest BCUT2D eigenvalue weighted by atomic mass is 79.9. The van der Waals surface area contributed by atoms with Gasteiger partial charge in [0.2, 0.25) is 5.91 Å². The summed E-state index contributed by atoms with van der Waals surface area (Å²) in [5.74, 6) is 0.832. The van der Waals surface area contributed by atoms with Crippen molar-refractivity contribution in [1.29, 1.82) is 0 Å². The molecule has 1 heterocycles. The molecule has 1 fully saturated rings. The maximum atomic E-state index is 11.7. The lowest BCUT2D eigenvalue weighted by Gasteiger charge is -2.29. The summed E-state index contributed by atoms with van der Waals surface area (Å²) in [6.45, 7) is 7.60. The monoisotopic (exact) mass is 291 g/mol. The van der Waals surface area contributed by atoms with E-state index in [1.54, 1.807) is 0 Å². The molecule has 0 saturated carbocycles. The standard InChI is InChI=1S/C12H22BrNO2/c1-10(2)9-16-8-4-7-14-6-3-5-11(13)12(14)15/h10-11H,3-9H2,1-2H3. The van der Waals surface area contributed by atoms with Crippen LogP contribution in [0.3, 0.4) is 0 Å². The van der Waals surface area contributed by atoms with Crippen molar-refractivity contribution >= 4 is 21.8 Å². The van der Waals surface area contributed by atoms with E-state index in [9.17, 15) is 4.79 Å². The summed E-state index contributed by atoms with van der Waals surface area (Å²) >= 11 is 3.41. The number of amides is 1. The zero-order valence-electron chi connectivity index (χ0n) is 10.2. The van der Waals surface area contributed by atoms with Gasteiger partial charge in [0.25, 0.3) is 0 Å². The molecule has 3 nitrogen and oxygen atoms in total. The molecular weight excluding hydrogens is 270 g/mol. The largest absolute Gasteiger partial charge is 0.381 e. The highest BCUT2D eigenvalue weighted by Gasteiger charge is 2.25. The molecule has 94 valence electrons. The summed E-state index contributed by atoms with van der Waals surface area (Å²) in [5.41, 5.74) is 0. The minimum atomic E-state index is 0.0397. The molecule has 1 aliphatic rings. The molecule has 0 aromatic heterocycles. The topological polar surface area (TPSA) is 29.5 Å². The van der Waals surface area contributed by atoms with Gasteiger partial charge in [0.05, 0.1) is 4.83 Å². The van der Waals surface area contributed by atoms with E-state index < -0.39 is 0 Å². The summed E-state index contributed by atoms with van der Waals surface area (Å²) in [6, 6.07) is 0. The molecule has 0 N–H and O–H groups in total. The number of carbonyl (C=O) groups excluding carboxylic acids is 1. The molecule has 1 saturated heterocycles. The van der Waals surface area contributed by atoms with Gasteiger partial charge >= 0.3 is 0 Å². The van der Waals surface area contributed by atoms with Crippen LogP contribution >= 0.6 is 15.9 Å². The van der Waals surface area contributed by atoms with Crippen LogP contribution in [-0.2, 0) is 9.53 Å². The Bertz CT molecular complexity index is 221. The molecular formula is C12H22BrNO2. The van der Waals surface area contributed by atoms with Gasteiger partial charge in [0, 0.05) is 26.3 Å². The number of carbonyl (C=O) groups is 1. The van der Waals surface area contributed by atoms with Crippen LogP contribution in [0.2, 0.25) is 0 Å². The first kappa shape index (κ1) is 14.0. The Morgan fingerprint density at radius 1 is 1.56 bits per heavy atom. The number of rotatable bonds is 6. The van der Waals surface area contributed by atoms with Gasteiger partial charge in [-0.3, -0.25) is 4.79 Å². The van der Waals surface area contributed by atoms with Crippen molar-refractivity contribution in [3.05, 3.63) is 0 Å². The zero-order valence-corrected chi connectivity index (χ0v) is 11.8. The van der Waals surface area contributed by atoms with Crippen LogP contribution in [0.4, 0.5) is 0 Å². The van der Waals surface area contributed by atoms with Gasteiger partial charge in [-0.05, 0) is 25.2 Å². The maximum Gasteiger partial charge on any atom is 0.236 e. The normalized spacial score (nSPS) is 21.9. The molecule has 0 aromatic rings. The van der Waals surface area contributed by atoms with E-state index in [1.807, 2.05) is 4.90 Å². The highest BCUT2D eigenvalue weighted by Crippen LogP contribution is 2.18. The number of halogens is 1. The van der Waals surface area contributed by atoms with E-state index in [1.165, 1.54) is 0 Å². The molecule has 0 radical (unpaired) electrons. The molecule has 4 heteroatoms. The van der Waals surface area contributed by atoms with Gasteiger partial charge in [-0.25, -0.2) is 0 Å². The third-order valence-corrected chi connectivity index (χ3v) is 3.48. The fourth-order valence-corrected chi connectivity index (χ4v) is 2.40. The maximum absolute atomic E-state index is 11.7. The first-order valence-corrected chi connectivity index (χ1v) is 7.03. The van der Waals surface area contributed by atoms with E-state index in [0.29, 0.717) is 5.92 Å². The predicted molar refractivity (Wildman–Crippen MR) is 68.8 cm³/mol. The van der Waals surface area contributed by atoms with Crippen molar-refractivity contribution < 1.29 is 9.53 Å². The summed E-state index contributed by atoms with van der Waals surface area (Å²) in [5, 5.41) is 0. The van der Waals surface area contributed by atoms with Gasteiger partial charge in [0.15, 0.2) is 0 Å². The lowest BCUT2D eigenvalue weighted by atomic mass is 10.1. The molecule has 0 bridgehead atoms. The minimum absolute atomic E-state index is 0.0397. The first-order chi connectivity index (χ1) is 7.61. The molecule has 0 aromatic carbocycles. The summed E-state index contributed by atoms with van der Waals surface area (Å²) in [7, 11) is 0. The number of nitrogens with zero attached hydrogens (tertiary/aromatic N) is 1. The molecule has 0 aliphatic carbocycles. The fourth-order valence-electron chi connectivity index (χ4n) is 1.79. The number of hydrogen-bond donors (Lipinski definition) is 0. The number of alkyl halides is 1. The summed E-state index contributed by atoms with van der Waals surface area (Å²) in [4.78, 5) is 13.7. The molecule has 1 amide bonds. The average molecular weight is 292 g/mol. The Labute approximate surface area is 107 Å². The van der Waals surface area contributed by atoms with E-state index in [-0.39, 0.29) is 10.7 Å². The van der Waals surface area contributed by atoms with E-state index in [0.717, 1.165) is 45.6 Å². The third kappa shape index (κ3) is 4.83. The summed E-state index contributed by atoms with van der Waals surface area (Å²) in [6.07, 6.45) is 3.02. The molecule has 1 unspecified atom stereocenters. The molecule has 1 rings (SSSR count). The Hall–Kier alpha value is -0.0900. The Morgan fingerprint density at radius 2 is 2.31 bits per heavy atom. The van der Waals surface area contributed by atoms with Crippen molar-refractivity contribution in [2.45, 2.75) is 37.9 Å². The predicted octanol–water partition coefficient (Wildman–Crippen LogP) is 2.44. The molecule has 16 heavy (non-hydrogen) atoms. The van der Waals surface area contributed by atoms with E-state index in [4.69, 9.17) is 4.74 Å². The van der Waals surface area contributed by atoms with Crippen LogP contribution < -0.4 is 0 Å². The average Bonchev–Trinajstić information content (AvgIpc) is 2.23. The fraction of sp³-hybridized carbons (Fsp3) is 0.917.